The van der Waals surface area contributed by atoms with Crippen LogP contribution in [0.2, 0.25) is 0 Å². The van der Waals surface area contributed by atoms with Crippen molar-refractivity contribution in [3.63, 3.8) is 0 Å². The smallest absolute Gasteiger partial charge is 0.274 e. The summed E-state index contributed by atoms with van der Waals surface area (Å²) in [5.74, 6) is 0.837. The van der Waals surface area contributed by atoms with Crippen molar-refractivity contribution in [3.8, 4) is 0 Å². The van der Waals surface area contributed by atoms with Gasteiger partial charge in [-0.15, -0.1) is 0 Å². The average Bonchev–Trinajstić information content (AvgIpc) is 2.98. The minimum atomic E-state index is 0.0967. The van der Waals surface area contributed by atoms with Crippen molar-refractivity contribution in [2.45, 2.75) is 38.6 Å². The van der Waals surface area contributed by atoms with Gasteiger partial charge in [-0.2, -0.15) is 5.10 Å². The van der Waals surface area contributed by atoms with Crippen molar-refractivity contribution in [2.24, 2.45) is 5.92 Å². The normalized spacial score (nSPS) is 24.9. The number of nitrogens with zero attached hydrogens (tertiary/aromatic N) is 3. The van der Waals surface area contributed by atoms with E-state index >= 15 is 0 Å². The third kappa shape index (κ3) is 2.87. The van der Waals surface area contributed by atoms with E-state index in [0.29, 0.717) is 11.7 Å². The summed E-state index contributed by atoms with van der Waals surface area (Å²) in [7, 11) is 0. The molecule has 1 aromatic rings. The maximum Gasteiger partial charge on any atom is 0.274 e. The van der Waals surface area contributed by atoms with Crippen LogP contribution >= 0.6 is 0 Å². The molecule has 110 valence electrons. The highest BCUT2D eigenvalue weighted by atomic mass is 16.2. The fourth-order valence-electron chi connectivity index (χ4n) is 3.09. The molecule has 3 rings (SSSR count). The number of amides is 1. The maximum atomic E-state index is 12.4. The summed E-state index contributed by atoms with van der Waals surface area (Å²) >= 11 is 0. The van der Waals surface area contributed by atoms with E-state index in [0.717, 1.165) is 51.4 Å². The molecule has 0 aliphatic carbocycles. The van der Waals surface area contributed by atoms with E-state index < -0.39 is 0 Å². The zero-order chi connectivity index (χ0) is 13.9. The summed E-state index contributed by atoms with van der Waals surface area (Å²) < 4.78 is 1.96. The van der Waals surface area contributed by atoms with E-state index in [-0.39, 0.29) is 5.91 Å². The number of carbonyl (C=O) groups excluding carboxylic acids is 1. The van der Waals surface area contributed by atoms with Crippen molar-refractivity contribution < 1.29 is 4.79 Å². The Morgan fingerprint density at radius 3 is 2.85 bits per heavy atom. The lowest BCUT2D eigenvalue weighted by Gasteiger charge is -2.29. The molecule has 0 radical (unpaired) electrons. The summed E-state index contributed by atoms with van der Waals surface area (Å²) in [5, 5.41) is 7.90. The van der Waals surface area contributed by atoms with Gasteiger partial charge in [-0.05, 0) is 44.2 Å². The molecular formula is C15H24N4O. The van der Waals surface area contributed by atoms with Crippen LogP contribution in [-0.4, -0.2) is 46.8 Å². The predicted molar refractivity (Wildman–Crippen MR) is 77.7 cm³/mol. The highest BCUT2D eigenvalue weighted by Gasteiger charge is 2.24. The van der Waals surface area contributed by atoms with Crippen LogP contribution in [0.15, 0.2) is 12.3 Å². The standard InChI is InChI=1S/C15H24N4O/c1-12-4-8-18(9-5-12)15(20)14-6-10-19(17-14)13-3-2-7-16-11-13/h6,10,12-13,16H,2-5,7-9,11H2,1H3. The molecule has 0 aromatic carbocycles. The molecule has 0 bridgehead atoms. The number of nitrogens with one attached hydrogen (secondary N) is 1. The Bertz CT molecular complexity index is 456. The summed E-state index contributed by atoms with van der Waals surface area (Å²) in [4.78, 5) is 14.4. The fraction of sp³-hybridized carbons (Fsp3) is 0.733. The third-order valence-electron chi connectivity index (χ3n) is 4.54. The second-order valence-corrected chi connectivity index (χ2v) is 6.16. The van der Waals surface area contributed by atoms with Crippen molar-refractivity contribution in [2.75, 3.05) is 26.2 Å². The monoisotopic (exact) mass is 276 g/mol. The third-order valence-corrected chi connectivity index (χ3v) is 4.54. The van der Waals surface area contributed by atoms with E-state index in [2.05, 4.69) is 17.3 Å². The summed E-state index contributed by atoms with van der Waals surface area (Å²) in [6.45, 7) is 6.05. The van der Waals surface area contributed by atoms with Crippen LogP contribution in [-0.2, 0) is 0 Å². The van der Waals surface area contributed by atoms with Gasteiger partial charge >= 0.3 is 0 Å². The molecule has 0 spiro atoms. The molecule has 2 aliphatic heterocycles. The van der Waals surface area contributed by atoms with Crippen molar-refractivity contribution in [1.29, 1.82) is 0 Å². The highest BCUT2D eigenvalue weighted by molar-refractivity contribution is 5.92. The Morgan fingerprint density at radius 2 is 2.15 bits per heavy atom. The van der Waals surface area contributed by atoms with Crippen molar-refractivity contribution in [3.05, 3.63) is 18.0 Å². The Kier molecular flexibility index (Phi) is 4.05. The van der Waals surface area contributed by atoms with Crippen molar-refractivity contribution in [1.82, 2.24) is 20.0 Å². The van der Waals surface area contributed by atoms with Gasteiger partial charge in [-0.3, -0.25) is 9.48 Å². The molecule has 5 nitrogen and oxygen atoms in total. The lowest BCUT2D eigenvalue weighted by Crippen LogP contribution is -2.38. The molecule has 2 fully saturated rings. The van der Waals surface area contributed by atoms with Crippen LogP contribution in [0.25, 0.3) is 0 Å². The van der Waals surface area contributed by atoms with Crippen LogP contribution in [0.5, 0.6) is 0 Å². The molecule has 2 aliphatic rings. The van der Waals surface area contributed by atoms with Crippen LogP contribution in [0.4, 0.5) is 0 Å². The summed E-state index contributed by atoms with van der Waals surface area (Å²) in [6, 6.07) is 2.27. The highest BCUT2D eigenvalue weighted by Crippen LogP contribution is 2.19. The van der Waals surface area contributed by atoms with Crippen LogP contribution < -0.4 is 5.32 Å². The van der Waals surface area contributed by atoms with Gasteiger partial charge in [0, 0.05) is 25.8 Å². The van der Waals surface area contributed by atoms with Gasteiger partial charge in [0.2, 0.25) is 0 Å². The number of likely N-dealkylation sites (tertiary alicyclic amines) is 1. The Balaban J connectivity index is 1.65. The van der Waals surface area contributed by atoms with Gasteiger partial charge in [-0.1, -0.05) is 6.92 Å². The largest absolute Gasteiger partial charge is 0.337 e. The zero-order valence-electron chi connectivity index (χ0n) is 12.2. The molecule has 20 heavy (non-hydrogen) atoms. The zero-order valence-corrected chi connectivity index (χ0v) is 12.2. The SMILES string of the molecule is CC1CCN(C(=O)c2ccn(C3CCCNC3)n2)CC1. The van der Waals surface area contributed by atoms with E-state index in [1.807, 2.05) is 21.8 Å². The molecule has 1 unspecified atom stereocenters. The van der Waals surface area contributed by atoms with E-state index in [1.165, 1.54) is 6.42 Å². The van der Waals surface area contributed by atoms with Gasteiger partial charge in [0.15, 0.2) is 0 Å². The predicted octanol–water partition coefficient (Wildman–Crippen LogP) is 1.68. The van der Waals surface area contributed by atoms with E-state index in [1.54, 1.807) is 0 Å². The lowest BCUT2D eigenvalue weighted by molar-refractivity contribution is 0.0690. The van der Waals surface area contributed by atoms with Gasteiger partial charge in [0.05, 0.1) is 6.04 Å². The van der Waals surface area contributed by atoms with E-state index in [4.69, 9.17) is 0 Å². The molecule has 0 saturated carbocycles. The van der Waals surface area contributed by atoms with Crippen LogP contribution in [0.3, 0.4) is 0 Å². The van der Waals surface area contributed by atoms with Gasteiger partial charge in [0.1, 0.15) is 5.69 Å². The molecule has 3 heterocycles. The van der Waals surface area contributed by atoms with Crippen LogP contribution in [0.1, 0.15) is 49.1 Å². The Hall–Kier alpha value is -1.36. The summed E-state index contributed by atoms with van der Waals surface area (Å²) in [5.41, 5.74) is 0.602. The Morgan fingerprint density at radius 1 is 1.35 bits per heavy atom. The lowest BCUT2D eigenvalue weighted by atomic mass is 9.99. The second-order valence-electron chi connectivity index (χ2n) is 6.16. The number of hydrogen-bond acceptors (Lipinski definition) is 3. The first kappa shape index (κ1) is 13.6. The molecule has 2 saturated heterocycles. The fourth-order valence-corrected chi connectivity index (χ4v) is 3.09. The van der Waals surface area contributed by atoms with Gasteiger partial charge < -0.3 is 10.2 Å². The first-order valence-corrected chi connectivity index (χ1v) is 7.79. The molecule has 1 aromatic heterocycles. The maximum absolute atomic E-state index is 12.4. The minimum absolute atomic E-state index is 0.0967. The van der Waals surface area contributed by atoms with Gasteiger partial charge in [0.25, 0.3) is 5.91 Å². The molecule has 5 heteroatoms. The number of hydrogen-bond donors (Lipinski definition) is 1. The Labute approximate surface area is 120 Å². The number of aromatic nitrogens is 2. The summed E-state index contributed by atoms with van der Waals surface area (Å²) in [6.07, 6.45) is 6.50. The minimum Gasteiger partial charge on any atom is -0.337 e. The van der Waals surface area contributed by atoms with E-state index in [9.17, 15) is 4.79 Å². The topological polar surface area (TPSA) is 50.2 Å². The molecule has 1 amide bonds. The van der Waals surface area contributed by atoms with Crippen LogP contribution in [0, 0.1) is 5.92 Å². The molecule has 1 N–H and O–H groups in total. The van der Waals surface area contributed by atoms with Crippen molar-refractivity contribution >= 4 is 5.91 Å². The second kappa shape index (κ2) is 5.95. The van der Waals surface area contributed by atoms with Gasteiger partial charge in [-0.25, -0.2) is 0 Å². The average molecular weight is 276 g/mol. The number of piperidine rings is 2. The molecule has 1 atom stereocenters. The first-order valence-electron chi connectivity index (χ1n) is 7.79. The number of carbonyl (C=O) groups is 1. The number of rotatable bonds is 2. The molecular weight excluding hydrogens is 252 g/mol. The first-order chi connectivity index (χ1) is 9.74. The quantitative estimate of drug-likeness (QED) is 0.894.